The van der Waals surface area contributed by atoms with E-state index in [0.29, 0.717) is 5.02 Å². The van der Waals surface area contributed by atoms with Crippen LogP contribution < -0.4 is 10.2 Å². The zero-order valence-electron chi connectivity index (χ0n) is 12.0. The fraction of sp³-hybridized carbons (Fsp3) is 0.714. The summed E-state index contributed by atoms with van der Waals surface area (Å²) in [6.45, 7) is 5.36. The highest BCUT2D eigenvalue weighted by atomic mass is 35.5. The first kappa shape index (κ1) is 14.0. The van der Waals surface area contributed by atoms with E-state index in [1.165, 1.54) is 12.8 Å². The first-order valence-corrected chi connectivity index (χ1v) is 7.72. The van der Waals surface area contributed by atoms with Crippen molar-refractivity contribution in [3.05, 3.63) is 17.4 Å². The van der Waals surface area contributed by atoms with Crippen molar-refractivity contribution in [2.45, 2.75) is 24.8 Å². The molecule has 0 amide bonds. The minimum absolute atomic E-state index is 0.255. The van der Waals surface area contributed by atoms with Crippen LogP contribution in [-0.4, -0.2) is 60.2 Å². The summed E-state index contributed by atoms with van der Waals surface area (Å²) in [7, 11) is 2.26. The topological polar surface area (TPSA) is 44.3 Å². The maximum atomic E-state index is 5.89. The number of aromatic nitrogens is 2. The summed E-state index contributed by atoms with van der Waals surface area (Å²) in [5, 5.41) is 4.06. The molecule has 3 heterocycles. The second-order valence-corrected chi connectivity index (χ2v) is 6.31. The van der Waals surface area contributed by atoms with Crippen LogP contribution in [0.3, 0.4) is 0 Å². The number of nitrogens with one attached hydrogen (secondary N) is 1. The van der Waals surface area contributed by atoms with Gasteiger partial charge in [-0.1, -0.05) is 11.6 Å². The molecule has 6 heteroatoms. The summed E-state index contributed by atoms with van der Waals surface area (Å²) in [5.41, 5.74) is 0.255. The van der Waals surface area contributed by atoms with Gasteiger partial charge in [0.05, 0.1) is 17.4 Å². The predicted molar refractivity (Wildman–Crippen MR) is 81.3 cm³/mol. The van der Waals surface area contributed by atoms with Gasteiger partial charge in [0.25, 0.3) is 0 Å². The molecule has 2 saturated heterocycles. The van der Waals surface area contributed by atoms with Crippen molar-refractivity contribution in [2.75, 3.05) is 44.7 Å². The maximum absolute atomic E-state index is 5.89. The van der Waals surface area contributed by atoms with Crippen molar-refractivity contribution in [3.8, 4) is 0 Å². The van der Waals surface area contributed by atoms with Crippen LogP contribution in [0.15, 0.2) is 12.4 Å². The van der Waals surface area contributed by atoms with Crippen molar-refractivity contribution in [1.82, 2.24) is 20.2 Å². The predicted octanol–water partition coefficient (Wildman–Crippen LogP) is 1.39. The van der Waals surface area contributed by atoms with Gasteiger partial charge in [0.15, 0.2) is 0 Å². The van der Waals surface area contributed by atoms with Crippen molar-refractivity contribution in [1.29, 1.82) is 0 Å². The molecule has 0 unspecified atom stereocenters. The molecule has 0 atom stereocenters. The fourth-order valence-corrected chi connectivity index (χ4v) is 3.46. The lowest BCUT2D eigenvalue weighted by Gasteiger charge is -2.45. The summed E-state index contributed by atoms with van der Waals surface area (Å²) >= 11 is 5.89. The van der Waals surface area contributed by atoms with E-state index >= 15 is 0 Å². The minimum Gasteiger partial charge on any atom is -0.339 e. The van der Waals surface area contributed by atoms with Gasteiger partial charge in [0.1, 0.15) is 0 Å². The Kier molecular flexibility index (Phi) is 4.10. The molecule has 0 radical (unpaired) electrons. The second kappa shape index (κ2) is 5.84. The molecule has 0 saturated carbocycles. The first-order valence-electron chi connectivity index (χ1n) is 7.34. The molecule has 2 fully saturated rings. The lowest BCUT2D eigenvalue weighted by Crippen LogP contribution is -2.57. The molecule has 2 aliphatic rings. The van der Waals surface area contributed by atoms with E-state index in [4.69, 9.17) is 11.6 Å². The molecule has 1 aromatic rings. The molecule has 20 heavy (non-hydrogen) atoms. The van der Waals surface area contributed by atoms with Gasteiger partial charge in [-0.2, -0.15) is 0 Å². The molecular formula is C14H22ClN5. The third-order valence-electron chi connectivity index (χ3n) is 4.64. The van der Waals surface area contributed by atoms with Crippen LogP contribution in [0.1, 0.15) is 19.3 Å². The van der Waals surface area contributed by atoms with Gasteiger partial charge in [0.2, 0.25) is 5.95 Å². The molecule has 2 aliphatic heterocycles. The fourth-order valence-electron chi connectivity index (χ4n) is 3.36. The number of likely N-dealkylation sites (N-methyl/N-ethyl adjacent to an activating group) is 1. The van der Waals surface area contributed by atoms with Gasteiger partial charge in [-0.3, -0.25) is 4.90 Å². The van der Waals surface area contributed by atoms with Gasteiger partial charge in [-0.25, -0.2) is 9.97 Å². The summed E-state index contributed by atoms with van der Waals surface area (Å²) in [4.78, 5) is 13.7. The molecule has 5 nitrogen and oxygen atoms in total. The average molecular weight is 296 g/mol. The van der Waals surface area contributed by atoms with Crippen molar-refractivity contribution >= 4 is 17.5 Å². The van der Waals surface area contributed by atoms with E-state index in [1.807, 2.05) is 0 Å². The molecular weight excluding hydrogens is 274 g/mol. The van der Waals surface area contributed by atoms with E-state index in [0.717, 1.165) is 45.1 Å². The summed E-state index contributed by atoms with van der Waals surface area (Å²) < 4.78 is 0. The zero-order chi connectivity index (χ0) is 14.0. The Morgan fingerprint density at radius 2 is 1.90 bits per heavy atom. The van der Waals surface area contributed by atoms with E-state index in [1.54, 1.807) is 12.4 Å². The number of piperidine rings is 1. The summed E-state index contributed by atoms with van der Waals surface area (Å²) in [6, 6.07) is 0. The monoisotopic (exact) mass is 295 g/mol. The Balaban J connectivity index is 1.83. The second-order valence-electron chi connectivity index (χ2n) is 5.87. The first-order chi connectivity index (χ1) is 9.70. The number of anilines is 1. The highest BCUT2D eigenvalue weighted by Crippen LogP contribution is 2.30. The van der Waals surface area contributed by atoms with Crippen LogP contribution in [-0.2, 0) is 0 Å². The third-order valence-corrected chi connectivity index (χ3v) is 4.84. The average Bonchev–Trinajstić information content (AvgIpc) is 2.62. The molecule has 0 aromatic carbocycles. The lowest BCUT2D eigenvalue weighted by molar-refractivity contribution is 0.0978. The van der Waals surface area contributed by atoms with Crippen LogP contribution in [0, 0.1) is 0 Å². The highest BCUT2D eigenvalue weighted by Gasteiger charge is 2.39. The van der Waals surface area contributed by atoms with Gasteiger partial charge in [0, 0.05) is 25.2 Å². The molecule has 3 rings (SSSR count). The Morgan fingerprint density at radius 3 is 2.60 bits per heavy atom. The van der Waals surface area contributed by atoms with Crippen LogP contribution in [0.5, 0.6) is 0 Å². The Hall–Kier alpha value is -0.910. The van der Waals surface area contributed by atoms with Crippen molar-refractivity contribution < 1.29 is 0 Å². The molecule has 0 bridgehead atoms. The molecule has 1 spiro atoms. The molecule has 1 N–H and O–H groups in total. The SMILES string of the molecule is CN1CCCN(c2ncc(Cl)cn2)CC12CCNCC2. The van der Waals surface area contributed by atoms with Crippen LogP contribution in [0.4, 0.5) is 5.95 Å². The van der Waals surface area contributed by atoms with Crippen LogP contribution >= 0.6 is 11.6 Å². The number of rotatable bonds is 1. The quantitative estimate of drug-likeness (QED) is 0.848. The van der Waals surface area contributed by atoms with E-state index < -0.39 is 0 Å². The zero-order valence-corrected chi connectivity index (χ0v) is 12.7. The highest BCUT2D eigenvalue weighted by molar-refractivity contribution is 6.30. The van der Waals surface area contributed by atoms with Crippen LogP contribution in [0.2, 0.25) is 5.02 Å². The Labute approximate surface area is 125 Å². The van der Waals surface area contributed by atoms with Gasteiger partial charge < -0.3 is 10.2 Å². The third kappa shape index (κ3) is 2.75. The number of halogens is 1. The van der Waals surface area contributed by atoms with Crippen LogP contribution in [0.25, 0.3) is 0 Å². The van der Waals surface area contributed by atoms with Crippen molar-refractivity contribution in [3.63, 3.8) is 0 Å². The van der Waals surface area contributed by atoms with E-state index in [-0.39, 0.29) is 5.54 Å². The standard InChI is InChI=1S/C14H22ClN5/c1-19-7-2-8-20(13-17-9-12(15)10-18-13)11-14(19)3-5-16-6-4-14/h9-10,16H,2-8,11H2,1H3. The minimum atomic E-state index is 0.255. The van der Waals surface area contributed by atoms with Crippen molar-refractivity contribution in [2.24, 2.45) is 0 Å². The molecule has 0 aliphatic carbocycles. The summed E-state index contributed by atoms with van der Waals surface area (Å²) in [6.07, 6.45) is 6.90. The Morgan fingerprint density at radius 1 is 1.20 bits per heavy atom. The lowest BCUT2D eigenvalue weighted by atomic mass is 9.86. The van der Waals surface area contributed by atoms with Gasteiger partial charge in [-0.05, 0) is 39.4 Å². The summed E-state index contributed by atoms with van der Waals surface area (Å²) in [5.74, 6) is 0.808. The molecule has 110 valence electrons. The van der Waals surface area contributed by atoms with E-state index in [2.05, 4.69) is 32.1 Å². The van der Waals surface area contributed by atoms with E-state index in [9.17, 15) is 0 Å². The molecule has 1 aromatic heterocycles. The van der Waals surface area contributed by atoms with Gasteiger partial charge >= 0.3 is 0 Å². The maximum Gasteiger partial charge on any atom is 0.225 e. The largest absolute Gasteiger partial charge is 0.339 e. The smallest absolute Gasteiger partial charge is 0.225 e. The number of hydrogen-bond acceptors (Lipinski definition) is 5. The number of nitrogens with zero attached hydrogens (tertiary/aromatic N) is 4. The number of hydrogen-bond donors (Lipinski definition) is 1. The normalized spacial score (nSPS) is 23.8. The van der Waals surface area contributed by atoms with Gasteiger partial charge in [-0.15, -0.1) is 0 Å². The Bertz CT molecular complexity index is 443.